The molecule has 0 spiro atoms. The Morgan fingerprint density at radius 3 is 2.29 bits per heavy atom. The molecule has 6 atom stereocenters. The Labute approximate surface area is 137 Å². The van der Waals surface area contributed by atoms with Crippen molar-refractivity contribution in [3.05, 3.63) is 0 Å². The van der Waals surface area contributed by atoms with E-state index in [2.05, 4.69) is 10.6 Å². The molecule has 0 radical (unpaired) electrons. The van der Waals surface area contributed by atoms with E-state index in [0.29, 0.717) is 0 Å². The number of carbonyl (C=O) groups excluding carboxylic acids is 2. The lowest BCUT2D eigenvalue weighted by atomic mass is 9.88. The van der Waals surface area contributed by atoms with Crippen LogP contribution in [0.3, 0.4) is 0 Å². The number of hydrogen-bond donors (Lipinski definition) is 7. The Balaban J connectivity index is 3.01. The molecule has 1 fully saturated rings. The molecule has 11 nitrogen and oxygen atoms in total. The average Bonchev–Trinajstić information content (AvgIpc) is 2.46. The first kappa shape index (κ1) is 20.3. The quantitative estimate of drug-likeness (QED) is 0.253. The summed E-state index contributed by atoms with van der Waals surface area (Å²) >= 11 is 0. The maximum absolute atomic E-state index is 11.2. The van der Waals surface area contributed by atoms with Gasteiger partial charge < -0.3 is 40.9 Å². The first-order valence-corrected chi connectivity index (χ1v) is 7.17. The van der Waals surface area contributed by atoms with Crippen molar-refractivity contribution in [1.29, 1.82) is 0 Å². The van der Waals surface area contributed by atoms with Gasteiger partial charge in [0.2, 0.25) is 11.8 Å². The summed E-state index contributed by atoms with van der Waals surface area (Å²) in [4.78, 5) is 33.2. The predicted octanol–water partition coefficient (Wildman–Crippen LogP) is -3.73. The Kier molecular flexibility index (Phi) is 6.63. The Bertz CT molecular complexity index is 500. The zero-order valence-electron chi connectivity index (χ0n) is 13.2. The molecule has 11 heteroatoms. The molecule has 0 saturated carbocycles. The molecule has 0 aromatic rings. The average molecular weight is 350 g/mol. The minimum atomic E-state index is -2.80. The van der Waals surface area contributed by atoms with Gasteiger partial charge in [-0.2, -0.15) is 0 Å². The van der Waals surface area contributed by atoms with Crippen molar-refractivity contribution in [2.75, 3.05) is 6.54 Å². The van der Waals surface area contributed by atoms with E-state index in [4.69, 9.17) is 9.84 Å². The van der Waals surface area contributed by atoms with E-state index < -0.39 is 60.4 Å². The van der Waals surface area contributed by atoms with E-state index in [0.717, 1.165) is 6.92 Å². The van der Waals surface area contributed by atoms with Gasteiger partial charge >= 0.3 is 5.97 Å². The molecular formula is C13H22N2O9. The highest BCUT2D eigenvalue weighted by Crippen LogP contribution is 2.30. The van der Waals surface area contributed by atoms with Crippen LogP contribution in [0.5, 0.6) is 0 Å². The molecule has 0 aliphatic carbocycles. The number of aliphatic carboxylic acids is 1. The first-order valence-electron chi connectivity index (χ1n) is 7.17. The number of hydrogen-bond acceptors (Lipinski definition) is 8. The third kappa shape index (κ3) is 4.85. The van der Waals surface area contributed by atoms with Gasteiger partial charge in [-0.1, -0.05) is 0 Å². The van der Waals surface area contributed by atoms with E-state index in [1.165, 1.54) is 6.92 Å². The number of carbonyl (C=O) groups is 3. The van der Waals surface area contributed by atoms with Crippen LogP contribution in [0.25, 0.3) is 0 Å². The molecule has 1 heterocycles. The second-order valence-electron chi connectivity index (χ2n) is 5.66. The van der Waals surface area contributed by atoms with Crippen LogP contribution < -0.4 is 10.6 Å². The lowest BCUT2D eigenvalue weighted by molar-refractivity contribution is -0.294. The number of aliphatic hydroxyl groups is 4. The van der Waals surface area contributed by atoms with E-state index in [9.17, 15) is 34.8 Å². The maximum atomic E-state index is 11.2. The molecule has 1 rings (SSSR count). The van der Waals surface area contributed by atoms with Crippen LogP contribution in [-0.4, -0.2) is 86.1 Å². The number of ether oxygens (including phenoxy) is 1. The Hall–Kier alpha value is -1.79. The van der Waals surface area contributed by atoms with Crippen molar-refractivity contribution in [3.8, 4) is 0 Å². The fourth-order valence-corrected chi connectivity index (χ4v) is 2.40. The molecular weight excluding hydrogens is 328 g/mol. The number of carboxylic acid groups (broad SMARTS) is 1. The van der Waals surface area contributed by atoms with Crippen LogP contribution in [0.2, 0.25) is 0 Å². The number of rotatable bonds is 6. The van der Waals surface area contributed by atoms with Crippen molar-refractivity contribution in [2.45, 2.75) is 56.5 Å². The van der Waals surface area contributed by atoms with Crippen LogP contribution in [0.15, 0.2) is 0 Å². The van der Waals surface area contributed by atoms with Gasteiger partial charge in [-0.3, -0.25) is 9.59 Å². The molecule has 2 amide bonds. The summed E-state index contributed by atoms with van der Waals surface area (Å²) in [6.45, 7) is 1.93. The van der Waals surface area contributed by atoms with Crippen molar-refractivity contribution in [3.63, 3.8) is 0 Å². The van der Waals surface area contributed by atoms with Gasteiger partial charge in [0.15, 0.2) is 0 Å². The van der Waals surface area contributed by atoms with Crippen molar-refractivity contribution >= 4 is 17.8 Å². The van der Waals surface area contributed by atoms with Crippen molar-refractivity contribution < 1.29 is 44.7 Å². The smallest absolute Gasteiger partial charge is 0.364 e. The van der Waals surface area contributed by atoms with Gasteiger partial charge in [0, 0.05) is 26.8 Å². The van der Waals surface area contributed by atoms with Crippen LogP contribution in [0, 0.1) is 0 Å². The van der Waals surface area contributed by atoms with E-state index in [-0.39, 0.29) is 6.54 Å². The molecule has 0 bridgehead atoms. The second-order valence-corrected chi connectivity index (χ2v) is 5.66. The highest BCUT2D eigenvalue weighted by molar-refractivity contribution is 5.76. The van der Waals surface area contributed by atoms with Gasteiger partial charge in [0.1, 0.15) is 12.2 Å². The molecule has 1 saturated heterocycles. The summed E-state index contributed by atoms with van der Waals surface area (Å²) in [5.74, 6) is -5.67. The normalized spacial score (nSPS) is 32.5. The van der Waals surface area contributed by atoms with Crippen molar-refractivity contribution in [1.82, 2.24) is 10.6 Å². The van der Waals surface area contributed by atoms with Crippen molar-refractivity contribution in [2.24, 2.45) is 0 Å². The summed E-state index contributed by atoms with van der Waals surface area (Å²) in [6, 6.07) is -1.27. The zero-order valence-corrected chi connectivity index (χ0v) is 13.2. The topological polar surface area (TPSA) is 186 Å². The molecule has 1 aliphatic heterocycles. The molecule has 7 N–H and O–H groups in total. The summed E-state index contributed by atoms with van der Waals surface area (Å²) in [5.41, 5.74) is 0. The third-order valence-electron chi connectivity index (χ3n) is 3.58. The first-order chi connectivity index (χ1) is 11.0. The lowest BCUT2D eigenvalue weighted by Gasteiger charge is -2.44. The Morgan fingerprint density at radius 1 is 1.25 bits per heavy atom. The fraction of sp³-hybridized carbons (Fsp3) is 0.769. The van der Waals surface area contributed by atoms with E-state index >= 15 is 0 Å². The highest BCUT2D eigenvalue weighted by atomic mass is 16.7. The predicted molar refractivity (Wildman–Crippen MR) is 76.4 cm³/mol. The zero-order chi connectivity index (χ0) is 18.7. The number of aliphatic hydroxyl groups excluding tert-OH is 3. The molecule has 0 aromatic carbocycles. The van der Waals surface area contributed by atoms with Crippen LogP contribution in [-0.2, 0) is 19.1 Å². The van der Waals surface area contributed by atoms with Gasteiger partial charge in [-0.25, -0.2) is 4.79 Å². The Morgan fingerprint density at radius 2 is 1.83 bits per heavy atom. The van der Waals surface area contributed by atoms with Gasteiger partial charge in [-0.05, 0) is 0 Å². The monoisotopic (exact) mass is 350 g/mol. The number of amides is 2. The molecule has 24 heavy (non-hydrogen) atoms. The standard InChI is InChI=1S/C13H22N2O9/c1-5(16)14-4-8(19)10(20)11-9(15-6(2)17)7(18)3-13(23,24-11)12(21)22/h7-11,18-20,23H,3-4H2,1-2H3,(H,14,16)(H,15,17)(H,21,22)/t7-,8-,9-,10-,11?,13?/m1/s1. The molecule has 1 aliphatic rings. The number of nitrogens with one attached hydrogen (secondary N) is 2. The summed E-state index contributed by atoms with van der Waals surface area (Å²) in [5, 5.41) is 53.6. The van der Waals surface area contributed by atoms with Gasteiger partial charge in [0.25, 0.3) is 5.79 Å². The lowest BCUT2D eigenvalue weighted by Crippen LogP contribution is -2.67. The number of carboxylic acids is 1. The molecule has 0 aromatic heterocycles. The van der Waals surface area contributed by atoms with Crippen LogP contribution in [0.4, 0.5) is 0 Å². The third-order valence-corrected chi connectivity index (χ3v) is 3.58. The van der Waals surface area contributed by atoms with Crippen LogP contribution in [0.1, 0.15) is 20.3 Å². The summed E-state index contributed by atoms with van der Waals surface area (Å²) < 4.78 is 4.97. The minimum Gasteiger partial charge on any atom is -0.477 e. The minimum absolute atomic E-state index is 0.384. The SMILES string of the molecule is CC(=O)NC[C@@H](O)[C@@H](O)C1OC(O)(C(=O)O)C[C@@H](O)[C@H]1NC(C)=O. The molecule has 2 unspecified atom stereocenters. The van der Waals surface area contributed by atoms with Gasteiger partial charge in [0.05, 0.1) is 18.2 Å². The van der Waals surface area contributed by atoms with Crippen LogP contribution >= 0.6 is 0 Å². The van der Waals surface area contributed by atoms with Gasteiger partial charge in [-0.15, -0.1) is 0 Å². The van der Waals surface area contributed by atoms with E-state index in [1.807, 2.05) is 0 Å². The largest absolute Gasteiger partial charge is 0.477 e. The summed E-state index contributed by atoms with van der Waals surface area (Å²) in [6.07, 6.45) is -7.36. The van der Waals surface area contributed by atoms with E-state index in [1.54, 1.807) is 0 Å². The maximum Gasteiger partial charge on any atom is 0.364 e. The summed E-state index contributed by atoms with van der Waals surface area (Å²) in [7, 11) is 0. The highest BCUT2D eigenvalue weighted by Gasteiger charge is 2.53. The second kappa shape index (κ2) is 7.85. The molecule has 138 valence electrons. The fourth-order valence-electron chi connectivity index (χ4n) is 2.40.